The van der Waals surface area contributed by atoms with Crippen LogP contribution in [0.3, 0.4) is 0 Å². The first-order valence-electron chi connectivity index (χ1n) is 9.51. The average molecular weight is 383 g/mol. The molecule has 0 radical (unpaired) electrons. The summed E-state index contributed by atoms with van der Waals surface area (Å²) >= 11 is 0. The molecule has 0 unspecified atom stereocenters. The van der Waals surface area contributed by atoms with Crippen molar-refractivity contribution in [3.05, 3.63) is 48.0 Å². The predicted octanol–water partition coefficient (Wildman–Crippen LogP) is 1.80. The molecule has 7 nitrogen and oxygen atoms in total. The van der Waals surface area contributed by atoms with Gasteiger partial charge in [0.2, 0.25) is 11.8 Å². The summed E-state index contributed by atoms with van der Waals surface area (Å²) in [5.74, 6) is -0.329. The molecule has 0 atom stereocenters. The molecule has 0 aromatic heterocycles. The maximum Gasteiger partial charge on any atom is 0.409 e. The molecule has 148 valence electrons. The van der Waals surface area contributed by atoms with Gasteiger partial charge in [0.15, 0.2) is 0 Å². The molecule has 0 aliphatic carbocycles. The molecule has 1 saturated heterocycles. The minimum atomic E-state index is -0.349. The van der Waals surface area contributed by atoms with E-state index in [-0.39, 0.29) is 30.9 Å². The van der Waals surface area contributed by atoms with Gasteiger partial charge in [-0.25, -0.2) is 4.79 Å². The van der Waals surface area contributed by atoms with E-state index in [1.54, 1.807) is 16.7 Å². The van der Waals surface area contributed by atoms with Crippen LogP contribution in [0.15, 0.2) is 42.5 Å². The largest absolute Gasteiger partial charge is 0.450 e. The van der Waals surface area contributed by atoms with Gasteiger partial charge in [-0.3, -0.25) is 9.59 Å². The van der Waals surface area contributed by atoms with E-state index < -0.39 is 0 Å². The van der Waals surface area contributed by atoms with Crippen LogP contribution in [0.25, 0.3) is 10.8 Å². The molecule has 28 heavy (non-hydrogen) atoms. The smallest absolute Gasteiger partial charge is 0.409 e. The van der Waals surface area contributed by atoms with Crippen molar-refractivity contribution < 1.29 is 19.1 Å². The van der Waals surface area contributed by atoms with Crippen LogP contribution in [0.4, 0.5) is 4.79 Å². The first kappa shape index (κ1) is 19.7. The highest BCUT2D eigenvalue weighted by molar-refractivity contribution is 5.91. The minimum absolute atomic E-state index is 0.0387. The van der Waals surface area contributed by atoms with Crippen molar-refractivity contribution in [1.82, 2.24) is 15.1 Å². The van der Waals surface area contributed by atoms with Crippen molar-refractivity contribution in [2.45, 2.75) is 13.3 Å². The number of fused-ring (bicyclic) bond motifs is 1. The number of rotatable bonds is 5. The summed E-state index contributed by atoms with van der Waals surface area (Å²) in [7, 11) is 0. The summed E-state index contributed by atoms with van der Waals surface area (Å²) in [5, 5.41) is 4.84. The second kappa shape index (κ2) is 9.21. The number of nitrogens with one attached hydrogen (secondary N) is 1. The predicted molar refractivity (Wildman–Crippen MR) is 106 cm³/mol. The van der Waals surface area contributed by atoms with Gasteiger partial charge in [0.25, 0.3) is 0 Å². The lowest BCUT2D eigenvalue weighted by molar-refractivity contribution is -0.134. The Kier molecular flexibility index (Phi) is 6.47. The van der Waals surface area contributed by atoms with E-state index in [4.69, 9.17) is 4.74 Å². The molecule has 0 bridgehead atoms. The van der Waals surface area contributed by atoms with Gasteiger partial charge in [0.1, 0.15) is 0 Å². The van der Waals surface area contributed by atoms with Crippen molar-refractivity contribution >= 4 is 28.7 Å². The number of hydrogen-bond acceptors (Lipinski definition) is 4. The van der Waals surface area contributed by atoms with Crippen LogP contribution in [0, 0.1) is 0 Å². The topological polar surface area (TPSA) is 79.0 Å². The van der Waals surface area contributed by atoms with E-state index >= 15 is 0 Å². The summed E-state index contributed by atoms with van der Waals surface area (Å²) < 4.78 is 4.97. The van der Waals surface area contributed by atoms with E-state index in [0.29, 0.717) is 32.8 Å². The molecule has 1 aliphatic rings. The molecule has 3 amide bonds. The number of ether oxygens (including phenoxy) is 1. The quantitative estimate of drug-likeness (QED) is 0.854. The number of nitrogens with zero attached hydrogens (tertiary/aromatic N) is 2. The first-order valence-corrected chi connectivity index (χ1v) is 9.51. The summed E-state index contributed by atoms with van der Waals surface area (Å²) in [6, 6.07) is 13.8. The monoisotopic (exact) mass is 383 g/mol. The van der Waals surface area contributed by atoms with Crippen LogP contribution in [0.5, 0.6) is 0 Å². The third-order valence-corrected chi connectivity index (χ3v) is 4.83. The molecule has 3 rings (SSSR count). The van der Waals surface area contributed by atoms with E-state index in [2.05, 4.69) is 5.32 Å². The van der Waals surface area contributed by atoms with E-state index in [9.17, 15) is 14.4 Å². The van der Waals surface area contributed by atoms with E-state index in [1.165, 1.54) is 0 Å². The van der Waals surface area contributed by atoms with Gasteiger partial charge in [0.05, 0.1) is 19.6 Å². The van der Waals surface area contributed by atoms with Gasteiger partial charge in [-0.2, -0.15) is 0 Å². The van der Waals surface area contributed by atoms with Crippen LogP contribution < -0.4 is 5.32 Å². The molecular weight excluding hydrogens is 358 g/mol. The Morgan fingerprint density at radius 1 is 0.964 bits per heavy atom. The normalized spacial score (nSPS) is 14.0. The molecule has 1 fully saturated rings. The van der Waals surface area contributed by atoms with Gasteiger partial charge in [0, 0.05) is 26.2 Å². The van der Waals surface area contributed by atoms with Gasteiger partial charge >= 0.3 is 6.09 Å². The van der Waals surface area contributed by atoms with Crippen LogP contribution >= 0.6 is 0 Å². The molecule has 1 aliphatic heterocycles. The third kappa shape index (κ3) is 4.79. The standard InChI is InChI=1S/C21H25N3O4/c1-2-28-21(27)24-12-10-23(11-13-24)20(26)15-22-19(25)14-17-8-5-7-16-6-3-4-9-18(16)17/h3-9H,2,10-15H2,1H3,(H,22,25). The average Bonchev–Trinajstić information content (AvgIpc) is 2.72. The lowest BCUT2D eigenvalue weighted by Crippen LogP contribution is -2.52. The second-order valence-electron chi connectivity index (χ2n) is 6.66. The fraction of sp³-hybridized carbons (Fsp3) is 0.381. The van der Waals surface area contributed by atoms with Crippen molar-refractivity contribution in [3.63, 3.8) is 0 Å². The summed E-state index contributed by atoms with van der Waals surface area (Å²) in [4.78, 5) is 39.6. The Morgan fingerprint density at radius 3 is 2.39 bits per heavy atom. The molecule has 1 N–H and O–H groups in total. The zero-order chi connectivity index (χ0) is 19.9. The van der Waals surface area contributed by atoms with Crippen molar-refractivity contribution in [2.75, 3.05) is 39.3 Å². The van der Waals surface area contributed by atoms with Crippen LogP contribution in [-0.2, 0) is 20.7 Å². The maximum atomic E-state index is 12.3. The zero-order valence-corrected chi connectivity index (χ0v) is 16.0. The number of amides is 3. The highest BCUT2D eigenvalue weighted by Gasteiger charge is 2.24. The zero-order valence-electron chi connectivity index (χ0n) is 16.0. The fourth-order valence-corrected chi connectivity index (χ4v) is 3.32. The maximum absolute atomic E-state index is 12.3. The highest BCUT2D eigenvalue weighted by atomic mass is 16.6. The molecule has 1 heterocycles. The molecular formula is C21H25N3O4. The fourth-order valence-electron chi connectivity index (χ4n) is 3.32. The summed E-state index contributed by atoms with van der Waals surface area (Å²) in [6.45, 7) is 3.82. The van der Waals surface area contributed by atoms with Gasteiger partial charge < -0.3 is 19.9 Å². The van der Waals surface area contributed by atoms with Crippen molar-refractivity contribution in [3.8, 4) is 0 Å². The lowest BCUT2D eigenvalue weighted by atomic mass is 10.0. The minimum Gasteiger partial charge on any atom is -0.450 e. The summed E-state index contributed by atoms with van der Waals surface area (Å²) in [5.41, 5.74) is 0.936. The number of carbonyl (C=O) groups excluding carboxylic acids is 3. The van der Waals surface area contributed by atoms with Gasteiger partial charge in [-0.15, -0.1) is 0 Å². The van der Waals surface area contributed by atoms with Crippen molar-refractivity contribution in [2.24, 2.45) is 0 Å². The Labute approximate surface area is 164 Å². The number of benzene rings is 2. The van der Waals surface area contributed by atoms with Crippen LogP contribution in [0.2, 0.25) is 0 Å². The van der Waals surface area contributed by atoms with Gasteiger partial charge in [-0.1, -0.05) is 42.5 Å². The second-order valence-corrected chi connectivity index (χ2v) is 6.66. The Balaban J connectivity index is 1.47. The number of hydrogen-bond donors (Lipinski definition) is 1. The molecule has 0 spiro atoms. The lowest BCUT2D eigenvalue weighted by Gasteiger charge is -2.34. The van der Waals surface area contributed by atoms with E-state index in [1.807, 2.05) is 42.5 Å². The number of carbonyl (C=O) groups is 3. The Hall–Kier alpha value is -3.09. The Morgan fingerprint density at radius 2 is 1.64 bits per heavy atom. The SMILES string of the molecule is CCOC(=O)N1CCN(C(=O)CNC(=O)Cc2cccc3ccccc23)CC1. The molecule has 2 aromatic carbocycles. The summed E-state index contributed by atoms with van der Waals surface area (Å²) in [6.07, 6.45) is -0.122. The van der Waals surface area contributed by atoms with Gasteiger partial charge in [-0.05, 0) is 23.3 Å². The highest BCUT2D eigenvalue weighted by Crippen LogP contribution is 2.18. The molecule has 7 heteroatoms. The third-order valence-electron chi connectivity index (χ3n) is 4.83. The van der Waals surface area contributed by atoms with Crippen molar-refractivity contribution in [1.29, 1.82) is 0 Å². The van der Waals surface area contributed by atoms with Crippen LogP contribution in [-0.4, -0.2) is 67.0 Å². The van der Waals surface area contributed by atoms with Crippen LogP contribution in [0.1, 0.15) is 12.5 Å². The Bertz CT molecular complexity index is 854. The van der Waals surface area contributed by atoms with E-state index in [0.717, 1.165) is 16.3 Å². The molecule has 0 saturated carbocycles. The number of piperazine rings is 1. The molecule has 2 aromatic rings. The first-order chi connectivity index (χ1) is 13.6.